The summed E-state index contributed by atoms with van der Waals surface area (Å²) >= 11 is 0. The Hall–Kier alpha value is -3.73. The van der Waals surface area contributed by atoms with Gasteiger partial charge in [0.1, 0.15) is 11.4 Å². The topological polar surface area (TPSA) is 56.7 Å². The van der Waals surface area contributed by atoms with Gasteiger partial charge in [0, 0.05) is 34.1 Å². The highest BCUT2D eigenvalue weighted by Crippen LogP contribution is 2.37. The molecule has 30 heavy (non-hydrogen) atoms. The zero-order valence-corrected chi connectivity index (χ0v) is 17.1. The number of aryl methyl sites for hydroxylation is 3. The molecule has 0 spiro atoms. The van der Waals surface area contributed by atoms with Gasteiger partial charge in [0.05, 0.1) is 22.1 Å². The minimum Gasteiger partial charge on any atom is -0.437 e. The number of furan rings is 1. The second-order valence-electron chi connectivity index (χ2n) is 7.73. The van der Waals surface area contributed by atoms with E-state index >= 15 is 0 Å². The van der Waals surface area contributed by atoms with Crippen LogP contribution in [0.2, 0.25) is 0 Å². The van der Waals surface area contributed by atoms with E-state index in [1.54, 1.807) is 0 Å². The average Bonchev–Trinajstić information content (AvgIpc) is 3.31. The molecule has 0 atom stereocenters. The lowest BCUT2D eigenvalue weighted by Crippen LogP contribution is -1.99. The molecule has 2 aromatic carbocycles. The molecule has 0 fully saturated rings. The molecule has 4 heterocycles. The van der Waals surface area contributed by atoms with E-state index in [-0.39, 0.29) is 0 Å². The Morgan fingerprint density at radius 3 is 2.50 bits per heavy atom. The molecular weight excluding hydrogens is 372 g/mol. The van der Waals surface area contributed by atoms with Crippen LogP contribution in [0.3, 0.4) is 0 Å². The van der Waals surface area contributed by atoms with Crippen molar-refractivity contribution >= 4 is 44.0 Å². The van der Waals surface area contributed by atoms with Gasteiger partial charge in [-0.15, -0.1) is 0 Å². The van der Waals surface area contributed by atoms with E-state index in [4.69, 9.17) is 14.4 Å². The Labute approximate surface area is 173 Å². The smallest absolute Gasteiger partial charge is 0.227 e. The summed E-state index contributed by atoms with van der Waals surface area (Å²) in [6.07, 6.45) is 0. The molecule has 6 rings (SSSR count). The second-order valence-corrected chi connectivity index (χ2v) is 7.73. The SMILES string of the molecule is CCn1c(-c2cccc3c2oc2nc(C)ccc23)nc2ccc3ccc(C)nc3c21. The lowest BCUT2D eigenvalue weighted by atomic mass is 10.1. The number of hydrogen-bond donors (Lipinski definition) is 0. The quantitative estimate of drug-likeness (QED) is 0.353. The highest BCUT2D eigenvalue weighted by molar-refractivity contribution is 6.09. The molecular formula is C25H20N4O. The van der Waals surface area contributed by atoms with Crippen LogP contribution in [-0.2, 0) is 6.54 Å². The van der Waals surface area contributed by atoms with Crippen molar-refractivity contribution in [2.45, 2.75) is 27.3 Å². The molecule has 0 radical (unpaired) electrons. The fourth-order valence-electron chi connectivity index (χ4n) is 4.36. The highest BCUT2D eigenvalue weighted by atomic mass is 16.3. The molecule has 0 bridgehead atoms. The molecule has 0 unspecified atom stereocenters. The minimum absolute atomic E-state index is 0.666. The Morgan fingerprint density at radius 2 is 1.63 bits per heavy atom. The van der Waals surface area contributed by atoms with Crippen LogP contribution in [0.1, 0.15) is 18.3 Å². The fraction of sp³-hybridized carbons (Fsp3) is 0.160. The number of nitrogens with zero attached hydrogens (tertiary/aromatic N) is 4. The van der Waals surface area contributed by atoms with Gasteiger partial charge in [0.25, 0.3) is 0 Å². The van der Waals surface area contributed by atoms with E-state index in [2.05, 4.69) is 58.9 Å². The maximum Gasteiger partial charge on any atom is 0.227 e. The van der Waals surface area contributed by atoms with Crippen molar-refractivity contribution in [3.05, 3.63) is 66.0 Å². The van der Waals surface area contributed by atoms with Gasteiger partial charge in [-0.3, -0.25) is 4.98 Å². The van der Waals surface area contributed by atoms with Crippen molar-refractivity contribution in [3.63, 3.8) is 0 Å². The van der Waals surface area contributed by atoms with Crippen LogP contribution >= 0.6 is 0 Å². The third-order valence-electron chi connectivity index (χ3n) is 5.77. The van der Waals surface area contributed by atoms with Gasteiger partial charge in [0.15, 0.2) is 0 Å². The van der Waals surface area contributed by atoms with Gasteiger partial charge in [-0.05, 0) is 51.1 Å². The van der Waals surface area contributed by atoms with Gasteiger partial charge < -0.3 is 8.98 Å². The molecule has 0 N–H and O–H groups in total. The van der Waals surface area contributed by atoms with Gasteiger partial charge >= 0.3 is 0 Å². The van der Waals surface area contributed by atoms with E-state index in [0.717, 1.165) is 67.6 Å². The third kappa shape index (κ3) is 2.32. The van der Waals surface area contributed by atoms with E-state index < -0.39 is 0 Å². The summed E-state index contributed by atoms with van der Waals surface area (Å²) in [6, 6.07) is 18.7. The average molecular weight is 392 g/mol. The molecule has 5 heteroatoms. The van der Waals surface area contributed by atoms with Crippen molar-refractivity contribution in [1.82, 2.24) is 19.5 Å². The van der Waals surface area contributed by atoms with E-state index in [1.807, 2.05) is 26.0 Å². The monoisotopic (exact) mass is 392 g/mol. The summed E-state index contributed by atoms with van der Waals surface area (Å²) in [6.45, 7) is 6.93. The van der Waals surface area contributed by atoms with Crippen LogP contribution in [0.4, 0.5) is 0 Å². The normalized spacial score (nSPS) is 12.0. The van der Waals surface area contributed by atoms with Crippen LogP contribution in [0.25, 0.3) is 55.4 Å². The summed E-state index contributed by atoms with van der Waals surface area (Å²) < 4.78 is 8.48. The molecule has 6 aromatic rings. The number of benzene rings is 2. The zero-order valence-electron chi connectivity index (χ0n) is 17.1. The van der Waals surface area contributed by atoms with Crippen molar-refractivity contribution < 1.29 is 4.42 Å². The molecule has 0 amide bonds. The molecule has 0 aliphatic rings. The predicted octanol–water partition coefficient (Wildman–Crippen LogP) is 6.18. The number of para-hydroxylation sites is 1. The van der Waals surface area contributed by atoms with Crippen LogP contribution in [0.5, 0.6) is 0 Å². The zero-order chi connectivity index (χ0) is 20.4. The second kappa shape index (κ2) is 6.13. The van der Waals surface area contributed by atoms with Crippen molar-refractivity contribution in [2.24, 2.45) is 0 Å². The van der Waals surface area contributed by atoms with Crippen molar-refractivity contribution in [3.8, 4) is 11.4 Å². The molecule has 0 saturated heterocycles. The lowest BCUT2D eigenvalue weighted by Gasteiger charge is -2.08. The Morgan fingerprint density at radius 1 is 0.833 bits per heavy atom. The van der Waals surface area contributed by atoms with Crippen LogP contribution in [0.15, 0.2) is 59.0 Å². The van der Waals surface area contributed by atoms with Crippen LogP contribution < -0.4 is 0 Å². The number of imidazole rings is 1. The Bertz CT molecular complexity index is 1610. The summed E-state index contributed by atoms with van der Waals surface area (Å²) in [5, 5.41) is 3.21. The Kier molecular flexibility index (Phi) is 3.51. The van der Waals surface area contributed by atoms with Gasteiger partial charge in [-0.1, -0.05) is 24.3 Å². The summed E-state index contributed by atoms with van der Waals surface area (Å²) in [5.41, 5.74) is 7.40. The number of hydrogen-bond acceptors (Lipinski definition) is 4. The van der Waals surface area contributed by atoms with E-state index in [9.17, 15) is 0 Å². The first-order valence-electron chi connectivity index (χ1n) is 10.2. The molecule has 5 nitrogen and oxygen atoms in total. The number of pyridine rings is 2. The standard InChI is InChI=1S/C25H20N4O/c1-4-29-22-20(13-11-16-10-8-14(2)26-21(16)22)28-24(29)19-7-5-6-17-18-12-9-15(3)27-25(18)30-23(17)19/h5-13H,4H2,1-3H3. The first-order valence-corrected chi connectivity index (χ1v) is 10.2. The molecule has 4 aromatic heterocycles. The van der Waals surface area contributed by atoms with Crippen LogP contribution in [-0.4, -0.2) is 19.5 Å². The fourth-order valence-corrected chi connectivity index (χ4v) is 4.36. The molecule has 146 valence electrons. The van der Waals surface area contributed by atoms with Gasteiger partial charge in [-0.25, -0.2) is 9.97 Å². The maximum absolute atomic E-state index is 6.24. The maximum atomic E-state index is 6.24. The summed E-state index contributed by atoms with van der Waals surface area (Å²) in [7, 11) is 0. The number of rotatable bonds is 2. The Balaban J connectivity index is 1.73. The van der Waals surface area contributed by atoms with Crippen LogP contribution in [0, 0.1) is 13.8 Å². The van der Waals surface area contributed by atoms with Gasteiger partial charge in [-0.2, -0.15) is 0 Å². The van der Waals surface area contributed by atoms with Gasteiger partial charge in [0.2, 0.25) is 5.71 Å². The first kappa shape index (κ1) is 17.2. The van der Waals surface area contributed by atoms with E-state index in [0.29, 0.717) is 5.71 Å². The number of aromatic nitrogens is 4. The molecule has 0 aliphatic carbocycles. The largest absolute Gasteiger partial charge is 0.437 e. The van der Waals surface area contributed by atoms with Crippen molar-refractivity contribution in [1.29, 1.82) is 0 Å². The lowest BCUT2D eigenvalue weighted by molar-refractivity contribution is 0.652. The van der Waals surface area contributed by atoms with E-state index in [1.165, 1.54) is 0 Å². The summed E-state index contributed by atoms with van der Waals surface area (Å²) in [4.78, 5) is 14.4. The van der Waals surface area contributed by atoms with Crippen molar-refractivity contribution in [2.75, 3.05) is 0 Å². The molecule has 0 saturated carbocycles. The predicted molar refractivity (Wildman–Crippen MR) is 121 cm³/mol. The minimum atomic E-state index is 0.666. The number of fused-ring (bicyclic) bond motifs is 6. The third-order valence-corrected chi connectivity index (χ3v) is 5.77. The first-order chi connectivity index (χ1) is 14.6. The summed E-state index contributed by atoms with van der Waals surface area (Å²) in [5.74, 6) is 0.893. The molecule has 0 aliphatic heterocycles. The highest BCUT2D eigenvalue weighted by Gasteiger charge is 2.20.